The average Bonchev–Trinajstić information content (AvgIpc) is 1.66. The van der Waals surface area contributed by atoms with Gasteiger partial charge in [-0.15, -0.1) is 22.1 Å². The van der Waals surface area contributed by atoms with E-state index in [1.807, 2.05) is 0 Å². The maximum atomic E-state index is 6.36. The first-order valence-corrected chi connectivity index (χ1v) is 36.0. The van der Waals surface area contributed by atoms with Crippen LogP contribution >= 0.6 is 0 Å². The van der Waals surface area contributed by atoms with Crippen molar-refractivity contribution in [2.24, 2.45) is 0 Å². The van der Waals surface area contributed by atoms with Crippen molar-refractivity contribution >= 4 is 173 Å². The van der Waals surface area contributed by atoms with Gasteiger partial charge in [0.05, 0.1) is 22.8 Å². The molecule has 0 unspecified atom stereocenters. The minimum Gasteiger partial charge on any atom is -0.656 e. The second kappa shape index (κ2) is 21.0. The molecule has 0 spiro atoms. The summed E-state index contributed by atoms with van der Waals surface area (Å²) in [6.45, 7) is 0. The molecule has 3 aliphatic rings. The summed E-state index contributed by atoms with van der Waals surface area (Å²) in [5, 5.41) is 33.3. The fourth-order valence-electron chi connectivity index (χ4n) is 19.2. The monoisotopic (exact) mass is 1500 g/mol. The Kier molecular flexibility index (Phi) is 11.5. The number of benzene rings is 20. The van der Waals surface area contributed by atoms with Crippen molar-refractivity contribution in [1.82, 2.24) is 19.9 Å². The second-order valence-corrected chi connectivity index (χ2v) is 28.9. The van der Waals surface area contributed by atoms with Crippen LogP contribution in [0.3, 0.4) is 0 Å². The molecule has 2 aliphatic heterocycles. The SMILES string of the molecule is [Pt+2].c1ccc2c(c1)-c1nc-2c(-c2cc3ccc4cccc5ccc(c2)c3c45)c2[n-]c(c(-c3cc4ccc5cccc6ccc(c3)c4c56)c3nc(c(-c4cc5ccc6cccc7ccc(c4)c5c67)c4[n-]c(c1-c1cc5ccc6cccc7ccc(c1)c5c67)c1ccccc41)-c1ccccc1-3)c1ccccc21. The molecule has 5 heteroatoms. The Labute approximate surface area is 614 Å². The van der Waals surface area contributed by atoms with Crippen molar-refractivity contribution in [3.05, 3.63) is 315 Å². The molecule has 1 aliphatic carbocycles. The molecular formula is C100H52N4Pt. The van der Waals surface area contributed by atoms with Gasteiger partial charge in [0.25, 0.3) is 0 Å². The van der Waals surface area contributed by atoms with Crippen molar-refractivity contribution in [2.45, 2.75) is 0 Å². The minimum atomic E-state index is 0. The number of hydrogen-bond acceptors (Lipinski definition) is 2. The molecule has 0 atom stereocenters. The van der Waals surface area contributed by atoms with Crippen LogP contribution in [0.25, 0.3) is 262 Å². The molecule has 20 aromatic carbocycles. The van der Waals surface area contributed by atoms with Crippen LogP contribution in [-0.2, 0) is 21.1 Å². The molecule has 25 rings (SSSR count). The normalized spacial score (nSPS) is 12.5. The first-order valence-electron chi connectivity index (χ1n) is 36.0. The molecule has 0 saturated carbocycles. The summed E-state index contributed by atoms with van der Waals surface area (Å²) in [4.78, 5) is 25.5. The first-order chi connectivity index (χ1) is 51.5. The topological polar surface area (TPSA) is 54.0 Å². The maximum Gasteiger partial charge on any atom is 2.00 e. The van der Waals surface area contributed by atoms with Gasteiger partial charge in [0.15, 0.2) is 0 Å². The summed E-state index contributed by atoms with van der Waals surface area (Å²) >= 11 is 0. The third kappa shape index (κ3) is 7.83. The van der Waals surface area contributed by atoms with Crippen LogP contribution in [0.2, 0.25) is 0 Å². The molecule has 2 aromatic heterocycles. The molecule has 8 bridgehead atoms. The average molecular weight is 1500 g/mol. The van der Waals surface area contributed by atoms with Crippen molar-refractivity contribution in [2.75, 3.05) is 0 Å². The molecule has 4 nitrogen and oxygen atoms in total. The van der Waals surface area contributed by atoms with Crippen LogP contribution in [-0.4, -0.2) is 9.97 Å². The standard InChI is InChI=1S/C100H52N4.Pt/c1-2-22-74-73(21-1)93-89(69-45-61-37-29-53-13-9-14-54-30-38-62(46-69)85(61)81(53)54)95-75-23-3-4-24-76(75)97(102-95)91(71-49-65-41-33-57-17-11-18-58-34-42-66(50-71)87(65)83(57)58)99-79-27-7-8-28-80(79)100(104-99)92(72-51-67-43-35-59-19-12-20-60-36-44-68(52-72)88(67)84(59)60)98-78-26-6-5-25-77(78)96(103-98)90(94(74)101-93)70-47-63-39-31-55-15-10-16-56-32-40-64(48-70)86(63)82(55)56;/h1-52H;/q-2;+2. The Balaban J connectivity index is 0.00000655. The first kappa shape index (κ1) is 57.5. The summed E-state index contributed by atoms with van der Waals surface area (Å²) in [5.74, 6) is 0. The van der Waals surface area contributed by atoms with E-state index < -0.39 is 0 Å². The minimum absolute atomic E-state index is 0. The van der Waals surface area contributed by atoms with Gasteiger partial charge in [0.1, 0.15) is 0 Å². The van der Waals surface area contributed by atoms with E-state index >= 15 is 0 Å². The van der Waals surface area contributed by atoms with E-state index in [4.69, 9.17) is 19.9 Å². The van der Waals surface area contributed by atoms with Gasteiger partial charge in [0, 0.05) is 22.3 Å². The van der Waals surface area contributed by atoms with E-state index in [0.717, 1.165) is 176 Å². The molecule has 4 heterocycles. The third-order valence-corrected chi connectivity index (χ3v) is 23.5. The number of rotatable bonds is 4. The van der Waals surface area contributed by atoms with E-state index in [2.05, 4.69) is 315 Å². The van der Waals surface area contributed by atoms with Gasteiger partial charge in [-0.05, 0) is 244 Å². The molecule has 0 N–H and O–H groups in total. The van der Waals surface area contributed by atoms with E-state index in [9.17, 15) is 0 Å². The van der Waals surface area contributed by atoms with Gasteiger partial charge in [-0.3, -0.25) is 0 Å². The fraction of sp³-hybridized carbons (Fsp3) is 0. The van der Waals surface area contributed by atoms with Crippen molar-refractivity contribution in [3.63, 3.8) is 0 Å². The number of hydrogen-bond donors (Lipinski definition) is 0. The Morgan fingerprint density at radius 3 is 0.543 bits per heavy atom. The van der Waals surface area contributed by atoms with Crippen LogP contribution in [0.1, 0.15) is 0 Å². The zero-order valence-electron chi connectivity index (χ0n) is 56.1. The molecule has 0 saturated heterocycles. The van der Waals surface area contributed by atoms with Crippen LogP contribution in [0.15, 0.2) is 315 Å². The Morgan fingerprint density at radius 1 is 0.171 bits per heavy atom. The largest absolute Gasteiger partial charge is 2.00 e. The van der Waals surface area contributed by atoms with Crippen LogP contribution < -0.4 is 9.97 Å². The smallest absolute Gasteiger partial charge is 0.656 e. The summed E-state index contributed by atoms with van der Waals surface area (Å²) in [7, 11) is 0. The van der Waals surface area contributed by atoms with Crippen molar-refractivity contribution in [3.8, 4) is 89.5 Å². The summed E-state index contributed by atoms with van der Waals surface area (Å²) in [6.07, 6.45) is 0. The number of nitrogens with zero attached hydrogens (tertiary/aromatic N) is 4. The van der Waals surface area contributed by atoms with Gasteiger partial charge >= 0.3 is 21.1 Å². The zero-order chi connectivity index (χ0) is 67.3. The fourth-order valence-corrected chi connectivity index (χ4v) is 19.2. The summed E-state index contributed by atoms with van der Waals surface area (Å²) in [5.41, 5.74) is 18.8. The van der Waals surface area contributed by atoms with Crippen LogP contribution in [0, 0.1) is 0 Å². The molecule has 0 fully saturated rings. The molecule has 22 aromatic rings. The van der Waals surface area contributed by atoms with Gasteiger partial charge in [-0.2, -0.15) is 0 Å². The third-order valence-electron chi connectivity index (χ3n) is 23.5. The van der Waals surface area contributed by atoms with Crippen LogP contribution in [0.5, 0.6) is 0 Å². The Hall–Kier alpha value is -13.1. The Bertz CT molecular complexity index is 6810. The van der Waals surface area contributed by atoms with E-state index in [-0.39, 0.29) is 21.1 Å². The van der Waals surface area contributed by atoms with Gasteiger partial charge in [-0.1, -0.05) is 267 Å². The summed E-state index contributed by atoms with van der Waals surface area (Å²) in [6, 6.07) is 118. The van der Waals surface area contributed by atoms with Crippen LogP contribution in [0.4, 0.5) is 0 Å². The van der Waals surface area contributed by atoms with Gasteiger partial charge in [-0.25, -0.2) is 9.97 Å². The maximum absolute atomic E-state index is 6.36. The van der Waals surface area contributed by atoms with E-state index in [1.54, 1.807) is 0 Å². The molecule has 482 valence electrons. The predicted octanol–water partition coefficient (Wildman–Crippen LogP) is 26.8. The second-order valence-electron chi connectivity index (χ2n) is 28.9. The van der Waals surface area contributed by atoms with Gasteiger partial charge < -0.3 is 9.97 Å². The quantitative estimate of drug-likeness (QED) is 0.165. The predicted molar refractivity (Wildman–Crippen MR) is 439 cm³/mol. The van der Waals surface area contributed by atoms with Crippen molar-refractivity contribution in [1.29, 1.82) is 0 Å². The Morgan fingerprint density at radius 2 is 0.343 bits per heavy atom. The number of aromatic nitrogens is 4. The van der Waals surface area contributed by atoms with Gasteiger partial charge in [0.2, 0.25) is 0 Å². The molecule has 0 amide bonds. The molecular weight excluding hydrogens is 1450 g/mol. The zero-order valence-corrected chi connectivity index (χ0v) is 58.4. The summed E-state index contributed by atoms with van der Waals surface area (Å²) < 4.78 is 0. The van der Waals surface area contributed by atoms with Crippen molar-refractivity contribution < 1.29 is 21.1 Å². The molecule has 105 heavy (non-hydrogen) atoms. The van der Waals surface area contributed by atoms with E-state index in [0.29, 0.717) is 0 Å². The molecule has 0 radical (unpaired) electrons. The van der Waals surface area contributed by atoms with E-state index in [1.165, 1.54) is 86.2 Å².